The zero-order valence-electron chi connectivity index (χ0n) is 16.6. The molecule has 4 rings (SSSR count). The highest BCUT2D eigenvalue weighted by atomic mass is 19.3. The van der Waals surface area contributed by atoms with Crippen molar-refractivity contribution in [2.45, 2.75) is 20.0 Å². The summed E-state index contributed by atoms with van der Waals surface area (Å²) in [5.41, 5.74) is 0.868. The van der Waals surface area contributed by atoms with Crippen LogP contribution in [0.1, 0.15) is 28.0 Å². The number of anilines is 1. The van der Waals surface area contributed by atoms with Crippen LogP contribution in [0.15, 0.2) is 60.8 Å². The number of aromatic nitrogens is 3. The van der Waals surface area contributed by atoms with Crippen LogP contribution in [0.5, 0.6) is 5.75 Å². The first-order valence-corrected chi connectivity index (χ1v) is 9.42. The van der Waals surface area contributed by atoms with Gasteiger partial charge in [0.2, 0.25) is 0 Å². The molecule has 2 aromatic carbocycles. The van der Waals surface area contributed by atoms with Gasteiger partial charge in [-0.25, -0.2) is 18.3 Å². The maximum atomic E-state index is 13.7. The lowest BCUT2D eigenvalue weighted by Crippen LogP contribution is -2.14. The number of fused-ring (bicyclic) bond motifs is 1. The molecule has 4 aromatic rings. The fourth-order valence-electron chi connectivity index (χ4n) is 3.19. The lowest BCUT2D eigenvalue weighted by Gasteiger charge is -2.12. The van der Waals surface area contributed by atoms with Gasteiger partial charge in [0.15, 0.2) is 5.65 Å². The minimum Gasteiger partial charge on any atom is -0.433 e. The number of carbonyl (C=O) groups is 1. The van der Waals surface area contributed by atoms with Gasteiger partial charge in [-0.2, -0.15) is 13.9 Å². The Balaban J connectivity index is 1.78. The third-order valence-corrected chi connectivity index (χ3v) is 4.64. The van der Waals surface area contributed by atoms with E-state index in [9.17, 15) is 22.4 Å². The summed E-state index contributed by atoms with van der Waals surface area (Å²) in [4.78, 5) is 17.3. The highest BCUT2D eigenvalue weighted by Crippen LogP contribution is 2.30. The van der Waals surface area contributed by atoms with Gasteiger partial charge in [0.1, 0.15) is 17.0 Å². The number of halogens is 4. The lowest BCUT2D eigenvalue weighted by atomic mass is 10.1. The van der Waals surface area contributed by atoms with E-state index < -0.39 is 24.6 Å². The van der Waals surface area contributed by atoms with Gasteiger partial charge in [0, 0.05) is 5.56 Å². The number of carbonyl (C=O) groups excluding carboxylic acids is 1. The molecular weight excluding hydrogens is 428 g/mol. The Kier molecular flexibility index (Phi) is 5.76. The molecule has 0 saturated heterocycles. The molecule has 2 heterocycles. The van der Waals surface area contributed by atoms with E-state index in [1.807, 2.05) is 0 Å². The van der Waals surface area contributed by atoms with Crippen molar-refractivity contribution in [3.8, 4) is 17.0 Å². The smallest absolute Gasteiger partial charge is 0.387 e. The average molecular weight is 444 g/mol. The summed E-state index contributed by atoms with van der Waals surface area (Å²) in [5.74, 6) is -0.996. The van der Waals surface area contributed by atoms with Crippen LogP contribution >= 0.6 is 0 Å². The van der Waals surface area contributed by atoms with Gasteiger partial charge in [0.05, 0.1) is 17.6 Å². The zero-order valence-corrected chi connectivity index (χ0v) is 16.6. The van der Waals surface area contributed by atoms with E-state index in [2.05, 4.69) is 20.1 Å². The van der Waals surface area contributed by atoms with Gasteiger partial charge in [-0.1, -0.05) is 36.4 Å². The zero-order chi connectivity index (χ0) is 22.8. The summed E-state index contributed by atoms with van der Waals surface area (Å²) in [5, 5.41) is 6.37. The van der Waals surface area contributed by atoms with Crippen LogP contribution in [-0.2, 0) is 0 Å². The lowest BCUT2D eigenvalue weighted by molar-refractivity contribution is -0.0493. The molecule has 0 atom stereocenters. The average Bonchev–Trinajstić information content (AvgIpc) is 3.19. The molecule has 164 valence electrons. The summed E-state index contributed by atoms with van der Waals surface area (Å²) in [7, 11) is 0. The molecule has 1 amide bonds. The SMILES string of the molecule is Cc1ccc(OC(F)F)c(NC(=O)c2cnn3c(C(F)F)cc(-c4ccccc4)nc23)c1. The van der Waals surface area contributed by atoms with E-state index in [1.54, 1.807) is 43.3 Å². The number of hydrogen-bond acceptors (Lipinski definition) is 4. The molecule has 0 bridgehead atoms. The second kappa shape index (κ2) is 8.66. The molecule has 10 heteroatoms. The first kappa shape index (κ1) is 21.3. The van der Waals surface area contributed by atoms with Crippen LogP contribution < -0.4 is 10.1 Å². The van der Waals surface area contributed by atoms with E-state index in [4.69, 9.17) is 0 Å². The Labute approximate surface area is 179 Å². The fraction of sp³-hybridized carbons (Fsp3) is 0.136. The third-order valence-electron chi connectivity index (χ3n) is 4.64. The molecule has 2 aromatic heterocycles. The summed E-state index contributed by atoms with van der Waals surface area (Å²) in [6.45, 7) is -1.38. The quantitative estimate of drug-likeness (QED) is 0.399. The highest BCUT2D eigenvalue weighted by molar-refractivity contribution is 6.09. The van der Waals surface area contributed by atoms with Crippen LogP contribution in [0.3, 0.4) is 0 Å². The van der Waals surface area contributed by atoms with Gasteiger partial charge in [-0.15, -0.1) is 0 Å². The van der Waals surface area contributed by atoms with Crippen LogP contribution in [0.4, 0.5) is 23.2 Å². The third kappa shape index (κ3) is 4.25. The minimum absolute atomic E-state index is 0.00273. The summed E-state index contributed by atoms with van der Waals surface area (Å²) in [6.07, 6.45) is -1.77. The molecule has 0 aliphatic carbocycles. The molecular formula is C22H16F4N4O2. The van der Waals surface area contributed by atoms with E-state index >= 15 is 0 Å². The van der Waals surface area contributed by atoms with Gasteiger partial charge in [-0.05, 0) is 30.7 Å². The van der Waals surface area contributed by atoms with Crippen molar-refractivity contribution in [3.63, 3.8) is 0 Å². The minimum atomic E-state index is -3.09. The number of alkyl halides is 4. The molecule has 0 aliphatic heterocycles. The number of aryl methyl sites for hydroxylation is 1. The van der Waals surface area contributed by atoms with Crippen molar-refractivity contribution in [1.82, 2.24) is 14.6 Å². The maximum Gasteiger partial charge on any atom is 0.387 e. The van der Waals surface area contributed by atoms with Crippen molar-refractivity contribution < 1.29 is 27.1 Å². The Morgan fingerprint density at radius 1 is 1.06 bits per heavy atom. The Hall–Kier alpha value is -3.95. The molecule has 6 nitrogen and oxygen atoms in total. The van der Waals surface area contributed by atoms with Crippen molar-refractivity contribution in [1.29, 1.82) is 0 Å². The van der Waals surface area contributed by atoms with Crippen molar-refractivity contribution in [3.05, 3.63) is 77.6 Å². The number of hydrogen-bond donors (Lipinski definition) is 1. The number of ether oxygens (including phenoxy) is 1. The normalized spacial score (nSPS) is 11.3. The number of benzene rings is 2. The number of nitrogens with zero attached hydrogens (tertiary/aromatic N) is 3. The number of rotatable bonds is 6. The molecule has 0 fully saturated rings. The molecule has 0 unspecified atom stereocenters. The summed E-state index contributed by atoms with van der Waals surface area (Å²) in [6, 6.07) is 14.1. The number of nitrogens with one attached hydrogen (secondary N) is 1. The molecule has 1 N–H and O–H groups in total. The highest BCUT2D eigenvalue weighted by Gasteiger charge is 2.22. The van der Waals surface area contributed by atoms with Crippen molar-refractivity contribution in [2.75, 3.05) is 5.32 Å². The Bertz CT molecular complexity index is 1280. The predicted octanol–water partition coefficient (Wildman–Crippen LogP) is 5.50. The van der Waals surface area contributed by atoms with Crippen LogP contribution in [0.25, 0.3) is 16.9 Å². The molecule has 0 radical (unpaired) electrons. The Morgan fingerprint density at radius 3 is 2.50 bits per heavy atom. The maximum absolute atomic E-state index is 13.7. The first-order chi connectivity index (χ1) is 15.3. The topological polar surface area (TPSA) is 68.5 Å². The second-order valence-corrected chi connectivity index (χ2v) is 6.86. The van der Waals surface area contributed by atoms with Gasteiger partial charge < -0.3 is 10.1 Å². The van der Waals surface area contributed by atoms with E-state index in [-0.39, 0.29) is 28.3 Å². The monoisotopic (exact) mass is 444 g/mol. The standard InChI is InChI=1S/C22H16F4N4O2/c1-12-7-8-18(32-22(25)26)16(9-12)29-21(31)14-11-27-30-17(19(23)24)10-15(28-20(14)30)13-5-3-2-4-6-13/h2-11,19,22H,1H3,(H,29,31). The molecule has 32 heavy (non-hydrogen) atoms. The second-order valence-electron chi connectivity index (χ2n) is 6.86. The van der Waals surface area contributed by atoms with Crippen LogP contribution in [-0.4, -0.2) is 27.1 Å². The van der Waals surface area contributed by atoms with Crippen molar-refractivity contribution >= 4 is 17.2 Å². The summed E-state index contributed by atoms with van der Waals surface area (Å²) >= 11 is 0. The van der Waals surface area contributed by atoms with Crippen LogP contribution in [0.2, 0.25) is 0 Å². The number of amides is 1. The van der Waals surface area contributed by atoms with Gasteiger partial charge in [-0.3, -0.25) is 4.79 Å². The predicted molar refractivity (Wildman–Crippen MR) is 109 cm³/mol. The van der Waals surface area contributed by atoms with E-state index in [0.717, 1.165) is 10.7 Å². The first-order valence-electron chi connectivity index (χ1n) is 9.42. The summed E-state index contributed by atoms with van der Waals surface area (Å²) < 4.78 is 58.2. The molecule has 0 saturated carbocycles. The van der Waals surface area contributed by atoms with Gasteiger partial charge >= 0.3 is 6.61 Å². The van der Waals surface area contributed by atoms with Crippen molar-refractivity contribution in [2.24, 2.45) is 0 Å². The fourth-order valence-corrected chi connectivity index (χ4v) is 3.19. The molecule has 0 spiro atoms. The molecule has 0 aliphatic rings. The van der Waals surface area contributed by atoms with E-state index in [0.29, 0.717) is 11.1 Å². The largest absolute Gasteiger partial charge is 0.433 e. The Morgan fingerprint density at radius 2 is 1.81 bits per heavy atom. The van der Waals surface area contributed by atoms with E-state index in [1.165, 1.54) is 18.2 Å². The van der Waals surface area contributed by atoms with Crippen LogP contribution in [0, 0.1) is 6.92 Å². The van der Waals surface area contributed by atoms with Gasteiger partial charge in [0.25, 0.3) is 12.3 Å².